The van der Waals surface area contributed by atoms with Gasteiger partial charge in [-0.3, -0.25) is 4.57 Å². The van der Waals surface area contributed by atoms with Gasteiger partial charge >= 0.3 is 0 Å². The van der Waals surface area contributed by atoms with Crippen LogP contribution in [-0.4, -0.2) is 29.0 Å². The first-order valence-corrected chi connectivity index (χ1v) is 7.67. The first-order valence-electron chi connectivity index (χ1n) is 7.67. The number of aromatic nitrogens is 3. The maximum absolute atomic E-state index is 5.29. The lowest BCUT2D eigenvalue weighted by molar-refractivity contribution is 0.393. The Bertz CT molecular complexity index is 771. The lowest BCUT2D eigenvalue weighted by Crippen LogP contribution is -2.16. The van der Waals surface area contributed by atoms with E-state index in [4.69, 9.17) is 9.47 Å². The van der Waals surface area contributed by atoms with E-state index < -0.39 is 0 Å². The first kappa shape index (κ1) is 18.8. The van der Waals surface area contributed by atoms with Crippen molar-refractivity contribution in [2.24, 2.45) is 0 Å². The Labute approximate surface area is 153 Å². The molecule has 25 heavy (non-hydrogen) atoms. The predicted octanol–water partition coefficient (Wildman–Crippen LogP) is 3.00. The van der Waals surface area contributed by atoms with Crippen molar-refractivity contribution in [3.8, 4) is 17.2 Å². The molecule has 0 aliphatic carbocycles. The summed E-state index contributed by atoms with van der Waals surface area (Å²) in [6.07, 6.45) is 1.72. The summed E-state index contributed by atoms with van der Waals surface area (Å²) in [5.74, 6) is 2.41. The van der Waals surface area contributed by atoms with Crippen LogP contribution in [0.25, 0.3) is 5.69 Å². The monoisotopic (exact) mass is 360 g/mol. The molecule has 7 heteroatoms. The molecule has 0 radical (unpaired) electrons. The van der Waals surface area contributed by atoms with Gasteiger partial charge in [-0.25, -0.2) is 0 Å². The molecule has 3 aromatic rings. The average Bonchev–Trinajstić information content (AvgIpc) is 3.10. The molecule has 1 heterocycles. The average molecular weight is 361 g/mol. The molecule has 1 aromatic heterocycles. The quantitative estimate of drug-likeness (QED) is 0.701. The van der Waals surface area contributed by atoms with Crippen molar-refractivity contribution in [3.05, 3.63) is 66.2 Å². The van der Waals surface area contributed by atoms with Crippen LogP contribution < -0.4 is 14.8 Å². The molecule has 6 nitrogen and oxygen atoms in total. The molecule has 0 amide bonds. The normalized spacial score (nSPS) is 10.2. The third-order valence-corrected chi connectivity index (χ3v) is 3.68. The van der Waals surface area contributed by atoms with Crippen molar-refractivity contribution in [1.82, 2.24) is 20.1 Å². The van der Waals surface area contributed by atoms with Crippen LogP contribution in [0.1, 0.15) is 11.4 Å². The van der Waals surface area contributed by atoms with E-state index in [1.54, 1.807) is 20.5 Å². The number of hydrogen-bond donors (Lipinski definition) is 1. The molecule has 0 saturated carbocycles. The summed E-state index contributed by atoms with van der Waals surface area (Å²) in [6.45, 7) is 1.28. The molecule has 0 aliphatic rings. The first-order chi connectivity index (χ1) is 11.8. The van der Waals surface area contributed by atoms with Gasteiger partial charge in [-0.05, 0) is 29.8 Å². The van der Waals surface area contributed by atoms with E-state index in [1.165, 1.54) is 0 Å². The molecular weight excluding hydrogens is 340 g/mol. The van der Waals surface area contributed by atoms with Crippen LogP contribution in [0.3, 0.4) is 0 Å². The summed E-state index contributed by atoms with van der Waals surface area (Å²) in [6, 6.07) is 15.9. The second kappa shape index (κ2) is 9.05. The highest BCUT2D eigenvalue weighted by Gasteiger charge is 2.06. The number of ether oxygens (including phenoxy) is 2. The summed E-state index contributed by atoms with van der Waals surface area (Å²) in [7, 11) is 3.29. The molecular formula is C18H21ClN4O2. The van der Waals surface area contributed by atoms with E-state index in [2.05, 4.69) is 15.5 Å². The highest BCUT2D eigenvalue weighted by molar-refractivity contribution is 5.85. The van der Waals surface area contributed by atoms with Crippen molar-refractivity contribution in [1.29, 1.82) is 0 Å². The number of benzene rings is 2. The molecule has 1 N–H and O–H groups in total. The highest BCUT2D eigenvalue weighted by atomic mass is 35.5. The number of nitrogens with zero attached hydrogens (tertiary/aromatic N) is 3. The molecule has 0 fully saturated rings. The van der Waals surface area contributed by atoms with Gasteiger partial charge in [-0.2, -0.15) is 0 Å². The fourth-order valence-electron chi connectivity index (χ4n) is 2.47. The minimum atomic E-state index is 0. The highest BCUT2D eigenvalue weighted by Crippen LogP contribution is 2.22. The van der Waals surface area contributed by atoms with E-state index in [0.29, 0.717) is 13.1 Å². The Morgan fingerprint density at radius 2 is 1.64 bits per heavy atom. The molecule has 0 unspecified atom stereocenters. The van der Waals surface area contributed by atoms with E-state index in [0.717, 1.165) is 28.6 Å². The van der Waals surface area contributed by atoms with Crippen molar-refractivity contribution < 1.29 is 9.47 Å². The smallest absolute Gasteiger partial charge is 0.151 e. The molecule has 0 saturated heterocycles. The topological polar surface area (TPSA) is 61.2 Å². The number of hydrogen-bond acceptors (Lipinski definition) is 5. The number of halogens is 1. The molecule has 132 valence electrons. The zero-order chi connectivity index (χ0) is 16.8. The molecule has 0 bridgehead atoms. The fourth-order valence-corrected chi connectivity index (χ4v) is 2.47. The largest absolute Gasteiger partial charge is 0.497 e. The van der Waals surface area contributed by atoms with Crippen molar-refractivity contribution in [3.63, 3.8) is 0 Å². The fraction of sp³-hybridized carbons (Fsp3) is 0.222. The van der Waals surface area contributed by atoms with Gasteiger partial charge in [-0.15, -0.1) is 22.6 Å². The zero-order valence-electron chi connectivity index (χ0n) is 14.2. The number of para-hydroxylation sites is 1. The number of rotatable bonds is 7. The number of nitrogens with one attached hydrogen (secondary N) is 1. The van der Waals surface area contributed by atoms with E-state index in [-0.39, 0.29) is 12.4 Å². The van der Waals surface area contributed by atoms with Gasteiger partial charge in [0.2, 0.25) is 0 Å². The number of methoxy groups -OCH3 is 2. The summed E-state index contributed by atoms with van der Waals surface area (Å²) >= 11 is 0. The minimum Gasteiger partial charge on any atom is -0.497 e. The van der Waals surface area contributed by atoms with Crippen LogP contribution in [0, 0.1) is 0 Å². The predicted molar refractivity (Wildman–Crippen MR) is 98.7 cm³/mol. The Balaban J connectivity index is 0.00000225. The summed E-state index contributed by atoms with van der Waals surface area (Å²) in [5.41, 5.74) is 2.12. The second-order valence-electron chi connectivity index (χ2n) is 5.28. The lowest BCUT2D eigenvalue weighted by atomic mass is 10.2. The van der Waals surface area contributed by atoms with Gasteiger partial charge in [0.25, 0.3) is 0 Å². The van der Waals surface area contributed by atoms with E-state index in [1.807, 2.05) is 53.1 Å². The van der Waals surface area contributed by atoms with Gasteiger partial charge in [0.05, 0.1) is 20.8 Å². The maximum Gasteiger partial charge on any atom is 0.151 e. The molecule has 2 aromatic carbocycles. The lowest BCUT2D eigenvalue weighted by Gasteiger charge is -2.10. The Morgan fingerprint density at radius 1 is 0.960 bits per heavy atom. The molecule has 0 aliphatic heterocycles. The van der Waals surface area contributed by atoms with E-state index in [9.17, 15) is 0 Å². The van der Waals surface area contributed by atoms with Crippen molar-refractivity contribution in [2.45, 2.75) is 13.1 Å². The van der Waals surface area contributed by atoms with Gasteiger partial charge in [0, 0.05) is 18.3 Å². The van der Waals surface area contributed by atoms with Crippen LogP contribution in [0.2, 0.25) is 0 Å². The van der Waals surface area contributed by atoms with Gasteiger partial charge < -0.3 is 14.8 Å². The van der Waals surface area contributed by atoms with Gasteiger partial charge in [-0.1, -0.05) is 18.2 Å². The van der Waals surface area contributed by atoms with Crippen LogP contribution in [-0.2, 0) is 13.1 Å². The van der Waals surface area contributed by atoms with Gasteiger partial charge in [0.1, 0.15) is 17.8 Å². The SMILES string of the molecule is COc1cc(CNCc2nncn2-c2ccccc2)cc(OC)c1.Cl. The van der Waals surface area contributed by atoms with Gasteiger partial charge in [0.15, 0.2) is 5.82 Å². The molecule has 0 spiro atoms. The minimum absolute atomic E-state index is 0. The van der Waals surface area contributed by atoms with E-state index >= 15 is 0 Å². The molecule has 3 rings (SSSR count). The molecule has 0 atom stereocenters. The van der Waals surface area contributed by atoms with Crippen LogP contribution >= 0.6 is 12.4 Å². The van der Waals surface area contributed by atoms with Crippen molar-refractivity contribution in [2.75, 3.05) is 14.2 Å². The Morgan fingerprint density at radius 3 is 2.28 bits per heavy atom. The standard InChI is InChI=1S/C18H20N4O2.ClH/c1-23-16-8-14(9-17(10-16)24-2)11-19-12-18-21-20-13-22(18)15-6-4-3-5-7-15;/h3-10,13,19H,11-12H2,1-2H3;1H. The van der Waals surface area contributed by atoms with Crippen LogP contribution in [0.4, 0.5) is 0 Å². The maximum atomic E-state index is 5.29. The van der Waals surface area contributed by atoms with Crippen LogP contribution in [0.5, 0.6) is 11.5 Å². The summed E-state index contributed by atoms with van der Waals surface area (Å²) < 4.78 is 12.6. The second-order valence-corrected chi connectivity index (χ2v) is 5.28. The zero-order valence-corrected chi connectivity index (χ0v) is 15.0. The third kappa shape index (κ3) is 4.71. The summed E-state index contributed by atoms with van der Waals surface area (Å²) in [5, 5.41) is 11.6. The summed E-state index contributed by atoms with van der Waals surface area (Å²) in [4.78, 5) is 0. The van der Waals surface area contributed by atoms with Crippen molar-refractivity contribution >= 4 is 12.4 Å². The Hall–Kier alpha value is -2.57. The Kier molecular flexibility index (Phi) is 6.80. The van der Waals surface area contributed by atoms with Crippen LogP contribution in [0.15, 0.2) is 54.9 Å². The third-order valence-electron chi connectivity index (χ3n) is 3.68.